The number of hydrogen-bond acceptors (Lipinski definition) is 14. The van der Waals surface area contributed by atoms with Gasteiger partial charge in [0.05, 0.1) is 75.2 Å². The number of imide groups is 1. The van der Waals surface area contributed by atoms with Gasteiger partial charge in [-0.05, 0) is 75.9 Å². The van der Waals surface area contributed by atoms with Gasteiger partial charge >= 0.3 is 0 Å². The molecule has 2 saturated heterocycles. The van der Waals surface area contributed by atoms with Gasteiger partial charge in [0.25, 0.3) is 11.8 Å². The van der Waals surface area contributed by atoms with E-state index in [4.69, 9.17) is 28.4 Å². The van der Waals surface area contributed by atoms with Crippen molar-refractivity contribution in [1.82, 2.24) is 35.3 Å². The second kappa shape index (κ2) is 19.1. The van der Waals surface area contributed by atoms with Gasteiger partial charge in [0.1, 0.15) is 47.6 Å². The van der Waals surface area contributed by atoms with E-state index >= 15 is 0 Å². The zero-order chi connectivity index (χ0) is 42.3. The molecule has 2 aromatic carbocycles. The van der Waals surface area contributed by atoms with Crippen LogP contribution >= 0.6 is 0 Å². The van der Waals surface area contributed by atoms with Gasteiger partial charge < -0.3 is 38.6 Å². The van der Waals surface area contributed by atoms with Crippen LogP contribution in [-0.2, 0) is 23.7 Å². The number of ether oxygens (including phenoxy) is 6. The molecule has 8 rings (SSSR count). The first-order valence-electron chi connectivity index (χ1n) is 21.1. The summed E-state index contributed by atoms with van der Waals surface area (Å²) in [7, 11) is 0. The molecule has 2 aromatic heterocycles. The van der Waals surface area contributed by atoms with E-state index in [9.17, 15) is 14.4 Å². The van der Waals surface area contributed by atoms with E-state index in [-0.39, 0.29) is 23.3 Å². The molecule has 2 N–H and O–H groups in total. The molecule has 1 unspecified atom stereocenters. The van der Waals surface area contributed by atoms with Gasteiger partial charge in [0, 0.05) is 49.4 Å². The number of carbonyl (C=O) groups is 3. The molecule has 1 saturated carbocycles. The van der Waals surface area contributed by atoms with Crippen molar-refractivity contribution in [3.63, 3.8) is 0 Å². The summed E-state index contributed by atoms with van der Waals surface area (Å²) in [4.78, 5) is 53.4. The Bertz CT molecular complexity index is 2230. The minimum absolute atomic E-state index is 0.0546. The van der Waals surface area contributed by atoms with Crippen molar-refractivity contribution < 1.29 is 42.8 Å². The number of carbonyl (C=O) groups excluding carboxylic acids is 3. The predicted molar refractivity (Wildman–Crippen MR) is 225 cm³/mol. The molecule has 17 heteroatoms. The van der Waals surface area contributed by atoms with Crippen molar-refractivity contribution in [3.8, 4) is 22.9 Å². The average molecular weight is 839 g/mol. The van der Waals surface area contributed by atoms with E-state index in [1.807, 2.05) is 18.2 Å². The number of aromatic nitrogens is 4. The number of rotatable bonds is 21. The molecule has 1 aliphatic carbocycles. The lowest BCUT2D eigenvalue weighted by molar-refractivity contribution is -0.125. The van der Waals surface area contributed by atoms with Crippen molar-refractivity contribution in [2.75, 3.05) is 90.5 Å². The van der Waals surface area contributed by atoms with Gasteiger partial charge in [-0.2, -0.15) is 5.10 Å². The summed E-state index contributed by atoms with van der Waals surface area (Å²) in [5.41, 5.74) is 3.52. The zero-order valence-corrected chi connectivity index (χ0v) is 34.9. The number of piperidine rings is 1. The van der Waals surface area contributed by atoms with E-state index in [0.717, 1.165) is 77.8 Å². The van der Waals surface area contributed by atoms with Crippen LogP contribution in [0.15, 0.2) is 61.1 Å². The number of nitrogens with one attached hydrogen (secondary N) is 2. The normalized spacial score (nSPS) is 20.0. The fraction of sp³-hybridized carbons (Fsp3) is 0.500. The van der Waals surface area contributed by atoms with Crippen LogP contribution in [0, 0.1) is 0 Å². The number of benzene rings is 2. The first-order valence-corrected chi connectivity index (χ1v) is 21.1. The molecule has 17 nitrogen and oxygen atoms in total. The van der Waals surface area contributed by atoms with Crippen LogP contribution in [0.3, 0.4) is 0 Å². The average Bonchev–Trinajstić information content (AvgIpc) is 3.74. The number of amides is 3. The molecule has 0 radical (unpaired) electrons. The fourth-order valence-corrected chi connectivity index (χ4v) is 7.78. The summed E-state index contributed by atoms with van der Waals surface area (Å²) in [6.45, 7) is 15.5. The van der Waals surface area contributed by atoms with E-state index < -0.39 is 23.8 Å². The molecule has 0 spiro atoms. The fourth-order valence-electron chi connectivity index (χ4n) is 7.78. The first-order chi connectivity index (χ1) is 29.7. The summed E-state index contributed by atoms with van der Waals surface area (Å²) in [5.74, 6) is 0.802. The number of nitrogens with zero attached hydrogens (tertiary/aromatic N) is 6. The molecule has 3 amide bonds. The van der Waals surface area contributed by atoms with Crippen LogP contribution in [0.2, 0.25) is 0 Å². The Morgan fingerprint density at radius 1 is 0.820 bits per heavy atom. The molecule has 4 aromatic rings. The third-order valence-electron chi connectivity index (χ3n) is 11.5. The van der Waals surface area contributed by atoms with Crippen molar-refractivity contribution in [2.24, 2.45) is 0 Å². The smallest absolute Gasteiger partial charge is 0.262 e. The lowest BCUT2D eigenvalue weighted by Crippen LogP contribution is -2.53. The Kier molecular flexibility index (Phi) is 13.2. The molecule has 4 aliphatic rings. The van der Waals surface area contributed by atoms with Gasteiger partial charge in [-0.25, -0.2) is 9.97 Å². The highest BCUT2D eigenvalue weighted by Crippen LogP contribution is 2.41. The second-order valence-electron chi connectivity index (χ2n) is 16.1. The summed E-state index contributed by atoms with van der Waals surface area (Å²) in [6, 6.07) is 12.3. The minimum Gasteiger partial charge on any atom is -0.491 e. The Morgan fingerprint density at radius 2 is 1.52 bits per heavy atom. The number of aromatic amines is 1. The van der Waals surface area contributed by atoms with Crippen LogP contribution in [0.25, 0.3) is 22.3 Å². The van der Waals surface area contributed by atoms with Crippen molar-refractivity contribution >= 4 is 34.4 Å². The summed E-state index contributed by atoms with van der Waals surface area (Å²) in [5, 5.41) is 11.3. The van der Waals surface area contributed by atoms with Crippen molar-refractivity contribution in [1.29, 1.82) is 0 Å². The second-order valence-corrected chi connectivity index (χ2v) is 16.1. The Hall–Kier alpha value is -5.46. The minimum atomic E-state index is -0.853. The maximum Gasteiger partial charge on any atom is 0.262 e. The van der Waals surface area contributed by atoms with E-state index in [1.54, 1.807) is 18.5 Å². The van der Waals surface area contributed by atoms with Gasteiger partial charge in [-0.1, -0.05) is 6.58 Å². The van der Waals surface area contributed by atoms with Crippen LogP contribution in [0.4, 0.5) is 5.82 Å². The molecule has 324 valence electrons. The van der Waals surface area contributed by atoms with Gasteiger partial charge in [-0.3, -0.25) is 29.3 Å². The molecule has 0 bridgehead atoms. The third-order valence-corrected chi connectivity index (χ3v) is 11.5. The first kappa shape index (κ1) is 42.2. The van der Waals surface area contributed by atoms with Crippen LogP contribution in [0.5, 0.6) is 11.5 Å². The lowest BCUT2D eigenvalue weighted by atomic mass is 10.0. The quantitative estimate of drug-likeness (QED) is 0.0908. The van der Waals surface area contributed by atoms with Gasteiger partial charge in [-0.15, -0.1) is 0 Å². The number of piperazine rings is 1. The topological polar surface area (TPSA) is 183 Å². The summed E-state index contributed by atoms with van der Waals surface area (Å²) >= 11 is 0. The van der Waals surface area contributed by atoms with E-state index in [1.165, 1.54) is 6.07 Å². The highest BCUT2D eigenvalue weighted by atomic mass is 16.6. The van der Waals surface area contributed by atoms with E-state index in [0.29, 0.717) is 83.2 Å². The highest BCUT2D eigenvalue weighted by molar-refractivity contribution is 6.23. The zero-order valence-electron chi connectivity index (χ0n) is 34.9. The maximum atomic E-state index is 13.1. The Morgan fingerprint density at radius 3 is 2.25 bits per heavy atom. The molecule has 61 heavy (non-hydrogen) atoms. The largest absolute Gasteiger partial charge is 0.491 e. The number of hydrogen-bond donors (Lipinski definition) is 2. The Balaban J connectivity index is 0.646. The molecule has 5 heterocycles. The molecule has 2 atom stereocenters. The number of anilines is 1. The standard InChI is InChI=1S/C44H54N8O9/c1-29-4-9-38(41(53)47-29)52-42(54)33-7-5-31(24-34(33)43(52)55)60-23-22-59-21-20-58-19-18-57-17-16-56-15-14-50-12-13-51(27-30(50)2)39-26-37(45-28-46-39)40-35-25-32(61-44(3)10-11-44)6-8-36(35)48-49-40/h5-8,24-26,28,30,38H,1,4,9-23,27H2,2-3H3,(H,47,53)(H,48,49)/t30-,38?/m0/s1. The molecule has 3 fully saturated rings. The SMILES string of the molecule is C=C1CCC(N2C(=O)c3ccc(OCCOCCOCCOCCOCCN4CCN(c5cc(-c6n[nH]c7ccc(OC8(C)CC8)cc67)ncn5)C[C@@H]4C)cc3C2=O)C(=O)N1. The van der Waals surface area contributed by atoms with Crippen LogP contribution < -0.4 is 19.7 Å². The highest BCUT2D eigenvalue weighted by Gasteiger charge is 2.44. The van der Waals surface area contributed by atoms with Crippen molar-refractivity contribution in [3.05, 3.63) is 72.2 Å². The maximum absolute atomic E-state index is 13.1. The Labute approximate surface area is 354 Å². The summed E-state index contributed by atoms with van der Waals surface area (Å²) < 4.78 is 34.7. The molecule has 3 aliphatic heterocycles. The lowest BCUT2D eigenvalue weighted by Gasteiger charge is -2.40. The monoisotopic (exact) mass is 838 g/mol. The van der Waals surface area contributed by atoms with Crippen molar-refractivity contribution in [2.45, 2.75) is 57.2 Å². The molecular formula is C44H54N8O9. The number of H-pyrrole nitrogens is 1. The van der Waals surface area contributed by atoms with Crippen LogP contribution in [0.1, 0.15) is 60.2 Å². The number of fused-ring (bicyclic) bond motifs is 2. The van der Waals surface area contributed by atoms with Crippen LogP contribution in [-0.4, -0.2) is 151 Å². The number of allylic oxidation sites excluding steroid dienone is 1. The molecular weight excluding hydrogens is 785 g/mol. The van der Waals surface area contributed by atoms with E-state index in [2.05, 4.69) is 61.8 Å². The third kappa shape index (κ3) is 10.2. The van der Waals surface area contributed by atoms with Gasteiger partial charge in [0.15, 0.2) is 0 Å². The predicted octanol–water partition coefficient (Wildman–Crippen LogP) is 4.00. The summed E-state index contributed by atoms with van der Waals surface area (Å²) in [6.07, 6.45) is 4.63. The van der Waals surface area contributed by atoms with Gasteiger partial charge in [0.2, 0.25) is 5.91 Å².